The number of anilines is 5. The van der Waals surface area contributed by atoms with Crippen molar-refractivity contribution in [3.8, 4) is 11.5 Å². The molecule has 0 radical (unpaired) electrons. The van der Waals surface area contributed by atoms with E-state index < -0.39 is 21.2 Å². The number of nitrogens with zero attached hydrogens (tertiary/aromatic N) is 6. The van der Waals surface area contributed by atoms with Crippen molar-refractivity contribution in [1.29, 1.82) is 0 Å². The normalized spacial score (nSPS) is 10.7. The Bertz CT molecular complexity index is 1690. The van der Waals surface area contributed by atoms with E-state index in [1.165, 1.54) is 12.3 Å². The molecule has 1 aromatic heterocycles. The van der Waals surface area contributed by atoms with Gasteiger partial charge in [0, 0.05) is 23.0 Å². The monoisotopic (exact) mass is 563 g/mol. The van der Waals surface area contributed by atoms with Crippen LogP contribution < -0.4 is 20.8 Å². The number of hydrazone groups is 1. The zero-order chi connectivity index (χ0) is 29.3. The predicted octanol–water partition coefficient (Wildman–Crippen LogP) is 6.41. The van der Waals surface area contributed by atoms with Crippen molar-refractivity contribution in [3.63, 3.8) is 0 Å². The molecule has 3 N–H and O–H groups in total. The average molecular weight is 564 g/mol. The molecule has 0 spiro atoms. The van der Waals surface area contributed by atoms with Gasteiger partial charge in [-0.2, -0.15) is 20.1 Å². The quantitative estimate of drug-likeness (QED) is 0.0916. The topological polar surface area (TPSA) is 183 Å². The fourth-order valence-electron chi connectivity index (χ4n) is 3.65. The molecule has 0 saturated heterocycles. The zero-order valence-corrected chi connectivity index (χ0v) is 21.6. The largest absolute Gasteiger partial charge is 0.449 e. The van der Waals surface area contributed by atoms with Gasteiger partial charge in [0.05, 0.1) is 22.1 Å². The first kappa shape index (κ1) is 27.1. The molecular weight excluding hydrogens is 542 g/mol. The minimum Gasteiger partial charge on any atom is -0.449 e. The first-order valence-corrected chi connectivity index (χ1v) is 12.3. The van der Waals surface area contributed by atoms with Crippen molar-refractivity contribution in [3.05, 3.63) is 129 Å². The van der Waals surface area contributed by atoms with Gasteiger partial charge in [0.2, 0.25) is 23.6 Å². The number of non-ortho nitro benzene ring substituents is 1. The number of para-hydroxylation sites is 3. The highest BCUT2D eigenvalue weighted by atomic mass is 16.6. The van der Waals surface area contributed by atoms with E-state index in [2.05, 4.69) is 36.1 Å². The molecule has 0 aliphatic heterocycles. The van der Waals surface area contributed by atoms with E-state index in [0.29, 0.717) is 5.56 Å². The van der Waals surface area contributed by atoms with Crippen LogP contribution in [0.25, 0.3) is 0 Å². The Morgan fingerprint density at radius 2 is 1.24 bits per heavy atom. The van der Waals surface area contributed by atoms with E-state index in [9.17, 15) is 20.2 Å². The number of hydrogen-bond acceptors (Lipinski definition) is 12. The number of nitrogens with one attached hydrogen (secondary N) is 3. The number of ether oxygens (including phenoxy) is 1. The highest BCUT2D eigenvalue weighted by molar-refractivity contribution is 5.84. The maximum atomic E-state index is 11.5. The first-order valence-electron chi connectivity index (χ1n) is 12.3. The highest BCUT2D eigenvalue weighted by Gasteiger charge is 2.21. The Hall–Kier alpha value is -6.44. The van der Waals surface area contributed by atoms with Gasteiger partial charge in [0.15, 0.2) is 0 Å². The maximum Gasteiger partial charge on any atom is 0.318 e. The summed E-state index contributed by atoms with van der Waals surface area (Å²) in [6, 6.07) is 28.6. The number of benzene rings is 4. The molecule has 5 rings (SSSR count). The van der Waals surface area contributed by atoms with E-state index in [0.717, 1.165) is 23.5 Å². The molecule has 0 atom stereocenters. The van der Waals surface area contributed by atoms with Crippen LogP contribution in [0.2, 0.25) is 0 Å². The van der Waals surface area contributed by atoms with Gasteiger partial charge in [0.1, 0.15) is 5.75 Å². The predicted molar refractivity (Wildman–Crippen MR) is 157 cm³/mol. The third-order valence-corrected chi connectivity index (χ3v) is 5.55. The van der Waals surface area contributed by atoms with Gasteiger partial charge in [-0.05, 0) is 42.5 Å². The summed E-state index contributed by atoms with van der Waals surface area (Å²) in [4.78, 5) is 34.3. The molecular formula is C28H21N9O5. The molecule has 14 nitrogen and oxygen atoms in total. The standard InChI is InChI=1S/C28H21N9O5/c38-36(39)22-15-16-25(23(17-22)37(40)41)42-24-14-8-7-9-19(24)18-29-35-28-33-26(30-20-10-3-1-4-11-20)32-27(34-28)31-21-12-5-2-6-13-21/h1-18H,(H3,30,31,32,33,34,35)/b29-18-. The maximum absolute atomic E-state index is 11.5. The molecule has 0 unspecified atom stereocenters. The number of rotatable bonds is 11. The minimum atomic E-state index is -0.747. The second kappa shape index (κ2) is 12.6. The fraction of sp³-hybridized carbons (Fsp3) is 0. The van der Waals surface area contributed by atoms with Crippen molar-refractivity contribution in [2.75, 3.05) is 16.1 Å². The molecule has 0 aliphatic rings. The van der Waals surface area contributed by atoms with E-state index in [1.807, 2.05) is 60.7 Å². The second-order valence-corrected chi connectivity index (χ2v) is 8.46. The molecule has 208 valence electrons. The molecule has 5 aromatic rings. The highest BCUT2D eigenvalue weighted by Crippen LogP contribution is 2.35. The fourth-order valence-corrected chi connectivity index (χ4v) is 3.65. The third-order valence-electron chi connectivity index (χ3n) is 5.55. The van der Waals surface area contributed by atoms with Crippen LogP contribution in [0.4, 0.5) is 40.6 Å². The summed E-state index contributed by atoms with van der Waals surface area (Å²) in [6.45, 7) is 0. The van der Waals surface area contributed by atoms with Crippen molar-refractivity contribution in [2.24, 2.45) is 5.10 Å². The first-order chi connectivity index (χ1) is 20.4. The molecule has 14 heteroatoms. The van der Waals surface area contributed by atoms with Crippen molar-refractivity contribution >= 4 is 46.8 Å². The van der Waals surface area contributed by atoms with Gasteiger partial charge in [-0.1, -0.05) is 48.5 Å². The zero-order valence-electron chi connectivity index (χ0n) is 21.6. The lowest BCUT2D eigenvalue weighted by molar-refractivity contribution is -0.394. The van der Waals surface area contributed by atoms with E-state index >= 15 is 0 Å². The van der Waals surface area contributed by atoms with Gasteiger partial charge in [-0.15, -0.1) is 0 Å². The van der Waals surface area contributed by atoms with Crippen LogP contribution in [0, 0.1) is 20.2 Å². The van der Waals surface area contributed by atoms with Crippen LogP contribution in [-0.2, 0) is 0 Å². The summed E-state index contributed by atoms with van der Waals surface area (Å²) in [7, 11) is 0. The Morgan fingerprint density at radius 3 is 1.83 bits per heavy atom. The van der Waals surface area contributed by atoms with Crippen LogP contribution >= 0.6 is 0 Å². The Labute approximate surface area is 238 Å². The molecule has 42 heavy (non-hydrogen) atoms. The van der Waals surface area contributed by atoms with Gasteiger partial charge < -0.3 is 15.4 Å². The number of hydrogen-bond donors (Lipinski definition) is 3. The molecule has 0 aliphatic carbocycles. The lowest BCUT2D eigenvalue weighted by atomic mass is 10.2. The molecule has 0 fully saturated rings. The molecule has 4 aromatic carbocycles. The summed E-state index contributed by atoms with van der Waals surface area (Å²) in [6.07, 6.45) is 1.42. The van der Waals surface area contributed by atoms with Crippen LogP contribution in [-0.4, -0.2) is 31.0 Å². The third kappa shape index (κ3) is 6.95. The molecule has 0 saturated carbocycles. The van der Waals surface area contributed by atoms with Crippen molar-refractivity contribution in [1.82, 2.24) is 15.0 Å². The Morgan fingerprint density at radius 1 is 0.667 bits per heavy atom. The second-order valence-electron chi connectivity index (χ2n) is 8.46. The van der Waals surface area contributed by atoms with E-state index in [-0.39, 0.29) is 29.3 Å². The Balaban J connectivity index is 1.38. The lowest BCUT2D eigenvalue weighted by Gasteiger charge is -2.10. The van der Waals surface area contributed by atoms with E-state index in [4.69, 9.17) is 4.74 Å². The summed E-state index contributed by atoms with van der Waals surface area (Å²) in [5.41, 5.74) is 3.81. The number of aromatic nitrogens is 3. The minimum absolute atomic E-state index is 0.127. The van der Waals surface area contributed by atoms with Crippen LogP contribution in [0.5, 0.6) is 11.5 Å². The summed E-state index contributed by atoms with van der Waals surface area (Å²) >= 11 is 0. The molecule has 0 bridgehead atoms. The summed E-state index contributed by atoms with van der Waals surface area (Å²) in [5, 5.41) is 33.1. The summed E-state index contributed by atoms with van der Waals surface area (Å²) < 4.78 is 5.77. The Kier molecular flexibility index (Phi) is 8.15. The molecule has 1 heterocycles. The number of nitro benzene ring substituents is 2. The van der Waals surface area contributed by atoms with Crippen LogP contribution in [0.15, 0.2) is 108 Å². The average Bonchev–Trinajstić information content (AvgIpc) is 2.99. The van der Waals surface area contributed by atoms with Crippen LogP contribution in [0.3, 0.4) is 0 Å². The van der Waals surface area contributed by atoms with E-state index in [1.54, 1.807) is 24.3 Å². The van der Waals surface area contributed by atoms with Crippen LogP contribution in [0.1, 0.15) is 5.56 Å². The number of nitro groups is 2. The smallest absolute Gasteiger partial charge is 0.318 e. The summed E-state index contributed by atoms with van der Waals surface area (Å²) in [5.74, 6) is 0.726. The van der Waals surface area contributed by atoms with Crippen molar-refractivity contribution in [2.45, 2.75) is 0 Å². The lowest BCUT2D eigenvalue weighted by Crippen LogP contribution is -2.07. The van der Waals surface area contributed by atoms with Gasteiger partial charge >= 0.3 is 5.69 Å². The van der Waals surface area contributed by atoms with Gasteiger partial charge in [-0.3, -0.25) is 20.2 Å². The van der Waals surface area contributed by atoms with Gasteiger partial charge in [0.25, 0.3) is 5.69 Å². The van der Waals surface area contributed by atoms with Gasteiger partial charge in [-0.25, -0.2) is 5.43 Å². The van der Waals surface area contributed by atoms with Crippen molar-refractivity contribution < 1.29 is 14.6 Å². The SMILES string of the molecule is O=[N+]([O-])c1ccc(Oc2ccccc2/C=N\Nc2nc(Nc3ccccc3)nc(Nc3ccccc3)n2)c([N+](=O)[O-])c1. The molecule has 0 amide bonds.